The first-order chi connectivity index (χ1) is 12.3. The number of nitrogens with zero attached hydrogens (tertiary/aromatic N) is 2. The van der Waals surface area contributed by atoms with Crippen LogP contribution >= 0.6 is 27.5 Å². The number of carbonyl (C=O) groups is 1. The predicted octanol–water partition coefficient (Wildman–Crippen LogP) is 5.59. The van der Waals surface area contributed by atoms with Crippen molar-refractivity contribution in [3.05, 3.63) is 66.5 Å². The molecule has 3 aromatic rings. The van der Waals surface area contributed by atoms with Gasteiger partial charge in [0.15, 0.2) is 0 Å². The fourth-order valence-corrected chi connectivity index (χ4v) is 3.28. The van der Waals surface area contributed by atoms with Gasteiger partial charge in [-0.25, -0.2) is 4.39 Å². The van der Waals surface area contributed by atoms with Crippen LogP contribution in [0.1, 0.15) is 35.5 Å². The minimum absolute atomic E-state index is 0.000836. The Morgan fingerprint density at radius 3 is 2.62 bits per heavy atom. The van der Waals surface area contributed by atoms with Crippen molar-refractivity contribution in [1.29, 1.82) is 0 Å². The lowest BCUT2D eigenvalue weighted by atomic mass is 9.99. The number of aromatic amines is 1. The Kier molecular flexibility index (Phi) is 6.09. The number of aryl methyl sites for hydroxylation is 1. The maximum Gasteiger partial charge on any atom is 0.282 e. The number of nitro groups is 1. The number of halogens is 3. The molecular formula is C17H14BrClFN3O3. The van der Waals surface area contributed by atoms with E-state index in [1.807, 2.05) is 13.8 Å². The number of benzene rings is 2. The van der Waals surface area contributed by atoms with Crippen molar-refractivity contribution in [1.82, 2.24) is 10.2 Å². The van der Waals surface area contributed by atoms with Gasteiger partial charge in [0.1, 0.15) is 16.9 Å². The molecule has 0 unspecified atom stereocenters. The Morgan fingerprint density at radius 2 is 2.00 bits per heavy atom. The first-order valence-corrected chi connectivity index (χ1v) is 8.79. The van der Waals surface area contributed by atoms with E-state index in [-0.39, 0.29) is 20.6 Å². The number of hydrogen-bond acceptors (Lipinski definition) is 4. The number of nitrogens with one attached hydrogen (secondary N) is 1. The molecule has 0 aliphatic rings. The van der Waals surface area contributed by atoms with E-state index in [4.69, 9.17) is 11.6 Å². The lowest BCUT2D eigenvalue weighted by Gasteiger charge is -2.08. The van der Waals surface area contributed by atoms with Crippen LogP contribution in [0.5, 0.6) is 0 Å². The molecule has 6 nitrogen and oxygen atoms in total. The van der Waals surface area contributed by atoms with Crippen LogP contribution in [0.3, 0.4) is 0 Å². The summed E-state index contributed by atoms with van der Waals surface area (Å²) >= 11 is 9.16. The second kappa shape index (κ2) is 7.92. The molecule has 1 N–H and O–H groups in total. The van der Waals surface area contributed by atoms with Crippen molar-refractivity contribution >= 4 is 49.9 Å². The van der Waals surface area contributed by atoms with E-state index < -0.39 is 22.2 Å². The molecule has 0 aliphatic heterocycles. The van der Waals surface area contributed by atoms with Crippen molar-refractivity contribution in [3.63, 3.8) is 0 Å². The Labute approximate surface area is 161 Å². The van der Waals surface area contributed by atoms with Gasteiger partial charge in [0.25, 0.3) is 5.69 Å². The summed E-state index contributed by atoms with van der Waals surface area (Å²) in [5.74, 6) is -1.43. The maximum atomic E-state index is 13.5. The summed E-state index contributed by atoms with van der Waals surface area (Å²) in [6.07, 6.45) is 0. The summed E-state index contributed by atoms with van der Waals surface area (Å²) in [4.78, 5) is 23.6. The Balaban J connectivity index is 0.00000117. The largest absolute Gasteiger partial charge is 0.288 e. The number of hydrogen-bond donors (Lipinski definition) is 1. The summed E-state index contributed by atoms with van der Waals surface area (Å²) < 4.78 is 13.6. The van der Waals surface area contributed by atoms with Crippen LogP contribution in [0.15, 0.2) is 28.7 Å². The SMILES string of the molecule is CC.Cc1[nH]nc2c(Br)c(C(=O)c3cc(F)ccc3Cl)c([N+](=O)[O-])cc12. The number of fused-ring (bicyclic) bond motifs is 1. The van der Waals surface area contributed by atoms with Crippen LogP contribution in [0, 0.1) is 22.9 Å². The molecule has 2 aromatic carbocycles. The molecule has 0 bridgehead atoms. The van der Waals surface area contributed by atoms with Crippen molar-refractivity contribution in [2.45, 2.75) is 20.8 Å². The van der Waals surface area contributed by atoms with Crippen LogP contribution in [0.25, 0.3) is 10.9 Å². The Hall–Kier alpha value is -2.32. The first-order valence-electron chi connectivity index (χ1n) is 7.62. The summed E-state index contributed by atoms with van der Waals surface area (Å²) in [6, 6.07) is 4.53. The van der Waals surface area contributed by atoms with Crippen LogP contribution in [-0.2, 0) is 0 Å². The third-order valence-electron chi connectivity index (χ3n) is 3.56. The highest BCUT2D eigenvalue weighted by Crippen LogP contribution is 2.37. The van der Waals surface area contributed by atoms with E-state index >= 15 is 0 Å². The second-order valence-corrected chi connectivity index (χ2v) is 6.24. The molecule has 136 valence electrons. The quantitative estimate of drug-likeness (QED) is 0.325. The van der Waals surface area contributed by atoms with Crippen molar-refractivity contribution < 1.29 is 14.1 Å². The fourth-order valence-electron chi connectivity index (χ4n) is 2.39. The minimum Gasteiger partial charge on any atom is -0.288 e. The Bertz CT molecular complexity index is 1020. The molecule has 9 heteroatoms. The predicted molar refractivity (Wildman–Crippen MR) is 101 cm³/mol. The van der Waals surface area contributed by atoms with E-state index in [9.17, 15) is 19.3 Å². The van der Waals surface area contributed by atoms with E-state index in [1.165, 1.54) is 12.1 Å². The van der Waals surface area contributed by atoms with Gasteiger partial charge in [-0.1, -0.05) is 25.4 Å². The molecule has 0 aliphatic carbocycles. The summed E-state index contributed by atoms with van der Waals surface area (Å²) in [5.41, 5.74) is 0.188. The zero-order valence-electron chi connectivity index (χ0n) is 14.1. The van der Waals surface area contributed by atoms with E-state index in [0.717, 1.165) is 12.1 Å². The molecular weight excluding hydrogens is 429 g/mol. The van der Waals surface area contributed by atoms with Crippen LogP contribution in [-0.4, -0.2) is 20.9 Å². The standard InChI is InChI=1S/C15H8BrClFN3O3.C2H6/c1-6-8-5-11(21(23)24)12(13(16)14(8)20-19-6)15(22)9-4-7(18)2-3-10(9)17;1-2/h2-5H,1H3,(H,19,20);1-2H3. The summed E-state index contributed by atoms with van der Waals surface area (Å²) in [5, 5.41) is 18.7. The zero-order valence-corrected chi connectivity index (χ0v) is 16.4. The normalized spacial score (nSPS) is 10.4. The second-order valence-electron chi connectivity index (χ2n) is 5.04. The molecule has 0 amide bonds. The van der Waals surface area contributed by atoms with E-state index in [0.29, 0.717) is 16.6 Å². The van der Waals surface area contributed by atoms with Gasteiger partial charge >= 0.3 is 0 Å². The minimum atomic E-state index is -0.763. The topological polar surface area (TPSA) is 88.9 Å². The molecule has 0 fully saturated rings. The highest BCUT2D eigenvalue weighted by Gasteiger charge is 2.29. The van der Waals surface area contributed by atoms with Crippen LogP contribution < -0.4 is 0 Å². The van der Waals surface area contributed by atoms with E-state index in [1.54, 1.807) is 6.92 Å². The van der Waals surface area contributed by atoms with Gasteiger partial charge in [-0.2, -0.15) is 5.10 Å². The number of aromatic nitrogens is 2. The molecule has 0 spiro atoms. The lowest BCUT2D eigenvalue weighted by molar-refractivity contribution is -0.385. The maximum absolute atomic E-state index is 13.5. The Morgan fingerprint density at radius 1 is 1.35 bits per heavy atom. The van der Waals surface area contributed by atoms with Crippen molar-refractivity contribution in [2.24, 2.45) is 0 Å². The third kappa shape index (κ3) is 3.47. The number of nitro benzene ring substituents is 1. The van der Waals surface area contributed by atoms with Crippen molar-refractivity contribution in [3.8, 4) is 0 Å². The average Bonchev–Trinajstić information content (AvgIpc) is 2.99. The summed E-state index contributed by atoms with van der Waals surface area (Å²) in [6.45, 7) is 5.70. The molecule has 0 atom stereocenters. The van der Waals surface area contributed by atoms with Crippen LogP contribution in [0.4, 0.5) is 10.1 Å². The van der Waals surface area contributed by atoms with Gasteiger partial charge in [-0.3, -0.25) is 20.0 Å². The number of rotatable bonds is 3. The van der Waals surface area contributed by atoms with Gasteiger partial charge in [0.2, 0.25) is 5.78 Å². The highest BCUT2D eigenvalue weighted by atomic mass is 79.9. The average molecular weight is 443 g/mol. The van der Waals surface area contributed by atoms with Gasteiger partial charge < -0.3 is 0 Å². The van der Waals surface area contributed by atoms with Gasteiger partial charge in [-0.15, -0.1) is 0 Å². The third-order valence-corrected chi connectivity index (χ3v) is 4.66. The summed E-state index contributed by atoms with van der Waals surface area (Å²) in [7, 11) is 0. The van der Waals surface area contributed by atoms with Crippen molar-refractivity contribution in [2.75, 3.05) is 0 Å². The fraction of sp³-hybridized carbons (Fsp3) is 0.176. The lowest BCUT2D eigenvalue weighted by Crippen LogP contribution is -2.08. The molecule has 1 heterocycles. The molecule has 0 saturated heterocycles. The molecule has 1 aromatic heterocycles. The number of H-pyrrole nitrogens is 1. The van der Waals surface area contributed by atoms with Gasteiger partial charge in [-0.05, 0) is 41.1 Å². The first kappa shape index (κ1) is 20.0. The van der Waals surface area contributed by atoms with Crippen LogP contribution in [0.2, 0.25) is 5.02 Å². The highest BCUT2D eigenvalue weighted by molar-refractivity contribution is 9.10. The van der Waals surface area contributed by atoms with Gasteiger partial charge in [0, 0.05) is 22.7 Å². The molecule has 0 saturated carbocycles. The van der Waals surface area contributed by atoms with E-state index in [2.05, 4.69) is 26.1 Å². The monoisotopic (exact) mass is 441 g/mol. The number of carbonyl (C=O) groups excluding carboxylic acids is 1. The molecule has 0 radical (unpaired) electrons. The molecule has 26 heavy (non-hydrogen) atoms. The zero-order chi connectivity index (χ0) is 19.6. The van der Waals surface area contributed by atoms with Gasteiger partial charge in [0.05, 0.1) is 14.4 Å². The number of ketones is 1. The smallest absolute Gasteiger partial charge is 0.282 e. The molecule has 3 rings (SSSR count).